The zero-order valence-electron chi connectivity index (χ0n) is 11.9. The molecule has 0 unspecified atom stereocenters. The molecule has 0 aromatic rings. The lowest BCUT2D eigenvalue weighted by atomic mass is 9.94. The van der Waals surface area contributed by atoms with Gasteiger partial charge in [-0.1, -0.05) is 0 Å². The second-order valence-electron chi connectivity index (χ2n) is 4.76. The SMILES string of the molecule is CC(=O)N[C@@H]1[C@@H](NC(C)=O)[C@H](O)O[C@@H](C)[C@H]1OC(C)=O. The zero-order chi connectivity index (χ0) is 15.4. The summed E-state index contributed by atoms with van der Waals surface area (Å²) in [5.41, 5.74) is 0. The van der Waals surface area contributed by atoms with Crippen LogP contribution in [0.2, 0.25) is 0 Å². The van der Waals surface area contributed by atoms with Crippen molar-refractivity contribution in [2.75, 3.05) is 0 Å². The smallest absolute Gasteiger partial charge is 0.303 e. The first-order valence-corrected chi connectivity index (χ1v) is 6.27. The summed E-state index contributed by atoms with van der Waals surface area (Å²) in [4.78, 5) is 33.7. The van der Waals surface area contributed by atoms with Crippen molar-refractivity contribution in [3.05, 3.63) is 0 Å². The zero-order valence-corrected chi connectivity index (χ0v) is 11.9. The summed E-state index contributed by atoms with van der Waals surface area (Å²) in [6, 6.07) is -1.68. The monoisotopic (exact) mass is 288 g/mol. The van der Waals surface area contributed by atoms with E-state index in [2.05, 4.69) is 10.6 Å². The summed E-state index contributed by atoms with van der Waals surface area (Å²) >= 11 is 0. The lowest BCUT2D eigenvalue weighted by Gasteiger charge is -2.43. The van der Waals surface area contributed by atoms with Gasteiger partial charge in [0.25, 0.3) is 0 Å². The Bertz CT molecular complexity index is 371. The van der Waals surface area contributed by atoms with Gasteiger partial charge in [0, 0.05) is 20.8 Å². The van der Waals surface area contributed by atoms with E-state index in [1.165, 1.54) is 20.8 Å². The van der Waals surface area contributed by atoms with Gasteiger partial charge in [-0.2, -0.15) is 0 Å². The lowest BCUT2D eigenvalue weighted by Crippen LogP contribution is -2.68. The highest BCUT2D eigenvalue weighted by Crippen LogP contribution is 2.22. The molecule has 114 valence electrons. The molecule has 1 fully saturated rings. The molecule has 0 aromatic heterocycles. The van der Waals surface area contributed by atoms with E-state index in [0.29, 0.717) is 0 Å². The Morgan fingerprint density at radius 3 is 2.00 bits per heavy atom. The average molecular weight is 288 g/mol. The van der Waals surface area contributed by atoms with Gasteiger partial charge in [-0.05, 0) is 6.92 Å². The van der Waals surface area contributed by atoms with E-state index < -0.39 is 42.5 Å². The summed E-state index contributed by atoms with van der Waals surface area (Å²) in [6.45, 7) is 5.41. The number of esters is 1. The van der Waals surface area contributed by atoms with Crippen molar-refractivity contribution in [1.82, 2.24) is 10.6 Å². The number of nitrogens with one attached hydrogen (secondary N) is 2. The minimum atomic E-state index is -1.31. The standard InChI is InChI=1S/C12H20N2O6/c1-5-11(20-8(4)17)9(13-6(2)15)10(12(18)19-5)14-7(3)16/h5,9-12,18H,1-4H3,(H,13,15)(H,14,16)/t5-,9+,10+,11+,12+/m0/s1. The second-order valence-corrected chi connectivity index (χ2v) is 4.76. The van der Waals surface area contributed by atoms with Crippen molar-refractivity contribution in [2.45, 2.75) is 58.3 Å². The Labute approximate surface area is 116 Å². The van der Waals surface area contributed by atoms with E-state index in [0.717, 1.165) is 0 Å². The maximum atomic E-state index is 11.3. The van der Waals surface area contributed by atoms with Gasteiger partial charge in [-0.25, -0.2) is 0 Å². The summed E-state index contributed by atoms with van der Waals surface area (Å²) in [6.07, 6.45) is -2.75. The minimum absolute atomic E-state index is 0.371. The molecular weight excluding hydrogens is 268 g/mol. The number of ether oxygens (including phenoxy) is 2. The second kappa shape index (κ2) is 6.67. The van der Waals surface area contributed by atoms with Crippen molar-refractivity contribution < 1.29 is 29.0 Å². The molecule has 1 rings (SSSR count). The molecule has 8 nitrogen and oxygen atoms in total. The Kier molecular flexibility index (Phi) is 5.46. The summed E-state index contributed by atoms with van der Waals surface area (Å²) in [5, 5.41) is 15.0. The molecule has 3 N–H and O–H groups in total. The van der Waals surface area contributed by atoms with Crippen molar-refractivity contribution in [3.8, 4) is 0 Å². The molecule has 0 aromatic carbocycles. The third-order valence-corrected chi connectivity index (χ3v) is 2.91. The Hall–Kier alpha value is -1.67. The average Bonchev–Trinajstić information content (AvgIpc) is 2.27. The number of hydrogen-bond acceptors (Lipinski definition) is 6. The number of hydrogen-bond donors (Lipinski definition) is 3. The number of aliphatic hydroxyl groups is 1. The highest BCUT2D eigenvalue weighted by Gasteiger charge is 2.46. The quantitative estimate of drug-likeness (QED) is 0.554. The number of amides is 2. The maximum Gasteiger partial charge on any atom is 0.303 e. The van der Waals surface area contributed by atoms with E-state index in [1.807, 2.05) is 0 Å². The van der Waals surface area contributed by atoms with Gasteiger partial charge in [0.2, 0.25) is 11.8 Å². The molecule has 0 bridgehead atoms. The predicted octanol–water partition coefficient (Wildman–Crippen LogP) is -1.34. The Morgan fingerprint density at radius 2 is 1.55 bits per heavy atom. The molecule has 0 spiro atoms. The van der Waals surface area contributed by atoms with E-state index in [9.17, 15) is 19.5 Å². The highest BCUT2D eigenvalue weighted by molar-refractivity contribution is 5.75. The van der Waals surface area contributed by atoms with Crippen molar-refractivity contribution in [2.24, 2.45) is 0 Å². The molecule has 2 amide bonds. The fourth-order valence-corrected chi connectivity index (χ4v) is 2.22. The highest BCUT2D eigenvalue weighted by atomic mass is 16.6. The molecule has 5 atom stereocenters. The first-order valence-electron chi connectivity index (χ1n) is 6.27. The van der Waals surface area contributed by atoms with Crippen LogP contribution in [0.15, 0.2) is 0 Å². The van der Waals surface area contributed by atoms with Gasteiger partial charge in [-0.3, -0.25) is 14.4 Å². The van der Waals surface area contributed by atoms with Gasteiger partial charge in [0.15, 0.2) is 6.29 Å². The van der Waals surface area contributed by atoms with Crippen molar-refractivity contribution in [3.63, 3.8) is 0 Å². The molecule has 1 heterocycles. The van der Waals surface area contributed by atoms with Crippen molar-refractivity contribution in [1.29, 1.82) is 0 Å². The third kappa shape index (κ3) is 4.17. The first-order chi connectivity index (χ1) is 9.22. The molecule has 1 aliphatic heterocycles. The summed E-state index contributed by atoms with van der Waals surface area (Å²) < 4.78 is 10.4. The van der Waals surface area contributed by atoms with Crippen LogP contribution < -0.4 is 10.6 Å². The van der Waals surface area contributed by atoms with Gasteiger partial charge >= 0.3 is 5.97 Å². The molecular formula is C12H20N2O6. The Balaban J connectivity index is 3.01. The van der Waals surface area contributed by atoms with Crippen LogP contribution in [0.4, 0.5) is 0 Å². The predicted molar refractivity (Wildman–Crippen MR) is 67.3 cm³/mol. The van der Waals surface area contributed by atoms with E-state index >= 15 is 0 Å². The van der Waals surface area contributed by atoms with Crippen LogP contribution in [-0.4, -0.2) is 53.5 Å². The van der Waals surface area contributed by atoms with Crippen LogP contribution in [0.5, 0.6) is 0 Å². The fourth-order valence-electron chi connectivity index (χ4n) is 2.22. The molecule has 0 saturated carbocycles. The topological polar surface area (TPSA) is 114 Å². The number of rotatable bonds is 3. The van der Waals surface area contributed by atoms with Crippen LogP contribution in [0.3, 0.4) is 0 Å². The van der Waals surface area contributed by atoms with Gasteiger partial charge < -0.3 is 25.2 Å². The number of aliphatic hydroxyl groups excluding tert-OH is 1. The van der Waals surface area contributed by atoms with E-state index in [-0.39, 0.29) is 5.91 Å². The molecule has 8 heteroatoms. The first kappa shape index (κ1) is 16.4. The molecule has 20 heavy (non-hydrogen) atoms. The maximum absolute atomic E-state index is 11.3. The van der Waals surface area contributed by atoms with E-state index in [4.69, 9.17) is 9.47 Å². The lowest BCUT2D eigenvalue weighted by molar-refractivity contribution is -0.226. The third-order valence-electron chi connectivity index (χ3n) is 2.91. The van der Waals surface area contributed by atoms with Gasteiger partial charge in [0.1, 0.15) is 12.1 Å². The van der Waals surface area contributed by atoms with Crippen molar-refractivity contribution >= 4 is 17.8 Å². The van der Waals surface area contributed by atoms with Crippen LogP contribution in [0.1, 0.15) is 27.7 Å². The summed E-state index contributed by atoms with van der Waals surface area (Å²) in [7, 11) is 0. The number of carbonyl (C=O) groups is 3. The largest absolute Gasteiger partial charge is 0.458 e. The van der Waals surface area contributed by atoms with E-state index in [1.54, 1.807) is 6.92 Å². The van der Waals surface area contributed by atoms with Crippen LogP contribution in [0, 0.1) is 0 Å². The Morgan fingerprint density at radius 1 is 1.05 bits per heavy atom. The minimum Gasteiger partial charge on any atom is -0.458 e. The molecule has 0 aliphatic carbocycles. The van der Waals surface area contributed by atoms with Crippen LogP contribution in [0.25, 0.3) is 0 Å². The van der Waals surface area contributed by atoms with Crippen LogP contribution >= 0.6 is 0 Å². The molecule has 1 saturated heterocycles. The van der Waals surface area contributed by atoms with Gasteiger partial charge in [0.05, 0.1) is 12.1 Å². The van der Waals surface area contributed by atoms with Crippen LogP contribution in [-0.2, 0) is 23.9 Å². The summed E-state index contributed by atoms with van der Waals surface area (Å²) in [5.74, 6) is -1.31. The van der Waals surface area contributed by atoms with Gasteiger partial charge in [-0.15, -0.1) is 0 Å². The molecule has 0 radical (unpaired) electrons. The number of carbonyl (C=O) groups excluding carboxylic acids is 3. The normalized spacial score (nSPS) is 33.1. The fraction of sp³-hybridized carbons (Fsp3) is 0.750. The molecule has 1 aliphatic rings.